The van der Waals surface area contributed by atoms with Crippen molar-refractivity contribution in [3.05, 3.63) is 0 Å². The first-order valence-corrected chi connectivity index (χ1v) is 5.25. The summed E-state index contributed by atoms with van der Waals surface area (Å²) in [5.41, 5.74) is 10.9. The number of hydrogen-bond donors (Lipinski definition) is 2. The second kappa shape index (κ2) is 4.48. The summed E-state index contributed by atoms with van der Waals surface area (Å²) in [4.78, 5) is 13.7. The van der Waals surface area contributed by atoms with Gasteiger partial charge in [0.25, 0.3) is 0 Å². The third-order valence-corrected chi connectivity index (χ3v) is 2.59. The Morgan fingerprint density at radius 3 is 2.25 bits per heavy atom. The molecule has 1 aromatic heterocycles. The number of piperidine rings is 1. The molecule has 88 valence electrons. The van der Waals surface area contributed by atoms with Crippen molar-refractivity contribution >= 4 is 11.9 Å². The lowest BCUT2D eigenvalue weighted by molar-refractivity contribution is 0.105. The molecule has 1 aliphatic heterocycles. The highest BCUT2D eigenvalue weighted by Gasteiger charge is 2.19. The lowest BCUT2D eigenvalue weighted by Crippen LogP contribution is -2.36. The molecule has 0 atom stereocenters. The highest BCUT2D eigenvalue weighted by molar-refractivity contribution is 5.27. The van der Waals surface area contributed by atoms with Gasteiger partial charge in [-0.1, -0.05) is 0 Å². The number of anilines is 2. The molecule has 0 aliphatic carbocycles. The Balaban J connectivity index is 1.98. The summed E-state index contributed by atoms with van der Waals surface area (Å²) in [6.45, 7) is 2.03. The van der Waals surface area contributed by atoms with Crippen molar-refractivity contribution in [2.24, 2.45) is 0 Å². The Bertz CT molecular complexity index is 343. The fraction of sp³-hybridized carbons (Fsp3) is 0.667. The monoisotopic (exact) mass is 224 g/mol. The van der Waals surface area contributed by atoms with E-state index in [2.05, 4.69) is 26.9 Å². The predicted octanol–water partition coefficient (Wildman–Crippen LogP) is -0.491. The molecule has 2 heterocycles. The summed E-state index contributed by atoms with van der Waals surface area (Å²) >= 11 is 0. The van der Waals surface area contributed by atoms with Crippen LogP contribution in [0.25, 0.3) is 0 Å². The van der Waals surface area contributed by atoms with Crippen LogP contribution >= 0.6 is 0 Å². The van der Waals surface area contributed by atoms with E-state index < -0.39 is 0 Å². The number of ether oxygens (including phenoxy) is 1. The van der Waals surface area contributed by atoms with Gasteiger partial charge in [0.15, 0.2) is 0 Å². The van der Waals surface area contributed by atoms with E-state index in [4.69, 9.17) is 16.2 Å². The number of rotatable bonds is 2. The zero-order chi connectivity index (χ0) is 11.5. The Kier molecular flexibility index (Phi) is 3.04. The van der Waals surface area contributed by atoms with Crippen molar-refractivity contribution in [2.45, 2.75) is 18.9 Å². The van der Waals surface area contributed by atoms with Crippen molar-refractivity contribution in [3.8, 4) is 6.01 Å². The molecule has 0 amide bonds. The van der Waals surface area contributed by atoms with Crippen LogP contribution in [0.4, 0.5) is 11.9 Å². The van der Waals surface area contributed by atoms with Crippen molar-refractivity contribution in [1.29, 1.82) is 0 Å². The Morgan fingerprint density at radius 2 is 1.69 bits per heavy atom. The molecule has 0 radical (unpaired) electrons. The Hall–Kier alpha value is -1.63. The topological polar surface area (TPSA) is 103 Å². The van der Waals surface area contributed by atoms with E-state index in [1.807, 2.05) is 0 Å². The first-order chi connectivity index (χ1) is 7.63. The Labute approximate surface area is 93.8 Å². The van der Waals surface area contributed by atoms with Gasteiger partial charge < -0.3 is 21.1 Å². The van der Waals surface area contributed by atoms with Crippen LogP contribution in [0.1, 0.15) is 12.8 Å². The summed E-state index contributed by atoms with van der Waals surface area (Å²) in [6.07, 6.45) is 2.06. The molecule has 7 nitrogen and oxygen atoms in total. The summed E-state index contributed by atoms with van der Waals surface area (Å²) in [7, 11) is 2.09. The standard InChI is InChI=1S/C9H16N6O/c1-15-4-2-6(3-5-15)16-9-13-7(10)12-8(11)14-9/h6H,2-5H2,1H3,(H4,10,11,12,13,14). The molecule has 2 rings (SSSR count). The van der Waals surface area contributed by atoms with Crippen LogP contribution < -0.4 is 16.2 Å². The molecular weight excluding hydrogens is 208 g/mol. The van der Waals surface area contributed by atoms with Crippen molar-refractivity contribution in [3.63, 3.8) is 0 Å². The molecular formula is C9H16N6O. The molecule has 1 aromatic rings. The van der Waals surface area contributed by atoms with Crippen LogP contribution in [-0.2, 0) is 0 Å². The number of nitrogens with two attached hydrogens (primary N) is 2. The molecule has 0 spiro atoms. The zero-order valence-corrected chi connectivity index (χ0v) is 9.26. The van der Waals surface area contributed by atoms with Gasteiger partial charge in [0.2, 0.25) is 11.9 Å². The second-order valence-electron chi connectivity index (χ2n) is 3.95. The molecule has 0 unspecified atom stereocenters. The maximum atomic E-state index is 5.62. The Morgan fingerprint density at radius 1 is 1.12 bits per heavy atom. The van der Waals surface area contributed by atoms with Gasteiger partial charge in [-0.3, -0.25) is 0 Å². The van der Waals surface area contributed by atoms with Gasteiger partial charge in [0.1, 0.15) is 6.10 Å². The fourth-order valence-corrected chi connectivity index (χ4v) is 1.69. The van der Waals surface area contributed by atoms with Gasteiger partial charge >= 0.3 is 6.01 Å². The summed E-state index contributed by atoms with van der Waals surface area (Å²) in [6, 6.07) is 0.222. The lowest BCUT2D eigenvalue weighted by atomic mass is 10.1. The molecule has 1 fully saturated rings. The van der Waals surface area contributed by atoms with E-state index in [0.29, 0.717) is 0 Å². The first kappa shape index (κ1) is 10.9. The van der Waals surface area contributed by atoms with Crippen LogP contribution in [0.15, 0.2) is 0 Å². The van der Waals surface area contributed by atoms with E-state index in [-0.39, 0.29) is 24.0 Å². The smallest absolute Gasteiger partial charge is 0.323 e. The normalized spacial score (nSPS) is 18.6. The summed E-state index contributed by atoms with van der Waals surface area (Å²) < 4.78 is 5.62. The maximum Gasteiger partial charge on any atom is 0.323 e. The van der Waals surface area contributed by atoms with Crippen molar-refractivity contribution in [1.82, 2.24) is 19.9 Å². The van der Waals surface area contributed by atoms with Crippen LogP contribution in [0.3, 0.4) is 0 Å². The molecule has 7 heteroatoms. The maximum absolute atomic E-state index is 5.62. The van der Waals surface area contributed by atoms with Gasteiger partial charge in [-0.05, 0) is 19.9 Å². The molecule has 16 heavy (non-hydrogen) atoms. The van der Waals surface area contributed by atoms with Gasteiger partial charge in [-0.2, -0.15) is 15.0 Å². The fourth-order valence-electron chi connectivity index (χ4n) is 1.69. The van der Waals surface area contributed by atoms with Crippen LogP contribution in [0.2, 0.25) is 0 Å². The molecule has 0 aromatic carbocycles. The van der Waals surface area contributed by atoms with Gasteiger partial charge in [0.05, 0.1) is 0 Å². The lowest BCUT2D eigenvalue weighted by Gasteiger charge is -2.28. The zero-order valence-electron chi connectivity index (χ0n) is 9.26. The van der Waals surface area contributed by atoms with E-state index in [0.717, 1.165) is 25.9 Å². The third-order valence-electron chi connectivity index (χ3n) is 2.59. The van der Waals surface area contributed by atoms with E-state index in [1.165, 1.54) is 0 Å². The number of likely N-dealkylation sites (tertiary alicyclic amines) is 1. The molecule has 1 aliphatic rings. The van der Waals surface area contributed by atoms with Crippen LogP contribution in [0.5, 0.6) is 6.01 Å². The minimum Gasteiger partial charge on any atom is -0.460 e. The summed E-state index contributed by atoms with van der Waals surface area (Å²) in [5, 5.41) is 0. The number of nitrogen functional groups attached to an aromatic ring is 2. The number of aromatic nitrogens is 3. The van der Waals surface area contributed by atoms with Gasteiger partial charge in [-0.25, -0.2) is 0 Å². The average molecular weight is 224 g/mol. The highest BCUT2D eigenvalue weighted by Crippen LogP contribution is 2.15. The van der Waals surface area contributed by atoms with E-state index in [9.17, 15) is 0 Å². The predicted molar refractivity (Wildman–Crippen MR) is 59.8 cm³/mol. The number of nitrogens with zero attached hydrogens (tertiary/aromatic N) is 4. The SMILES string of the molecule is CN1CCC(Oc2nc(N)nc(N)n2)CC1. The van der Waals surface area contributed by atoms with Gasteiger partial charge in [-0.15, -0.1) is 0 Å². The van der Waals surface area contributed by atoms with Crippen molar-refractivity contribution < 1.29 is 4.74 Å². The molecule has 1 saturated heterocycles. The molecule has 0 bridgehead atoms. The van der Waals surface area contributed by atoms with E-state index in [1.54, 1.807) is 0 Å². The van der Waals surface area contributed by atoms with Crippen LogP contribution in [-0.4, -0.2) is 46.1 Å². The minimum atomic E-state index is 0.0930. The minimum absolute atomic E-state index is 0.0930. The first-order valence-electron chi connectivity index (χ1n) is 5.25. The van der Waals surface area contributed by atoms with E-state index >= 15 is 0 Å². The van der Waals surface area contributed by atoms with Gasteiger partial charge in [0, 0.05) is 13.1 Å². The third kappa shape index (κ3) is 2.69. The molecule has 0 saturated carbocycles. The summed E-state index contributed by atoms with van der Waals surface area (Å²) in [5.74, 6) is 0.186. The highest BCUT2D eigenvalue weighted by atomic mass is 16.5. The second-order valence-corrected chi connectivity index (χ2v) is 3.95. The van der Waals surface area contributed by atoms with Crippen LogP contribution in [0, 0.1) is 0 Å². The average Bonchev–Trinajstić information content (AvgIpc) is 2.20. The quantitative estimate of drug-likeness (QED) is 0.698. The van der Waals surface area contributed by atoms with Crippen molar-refractivity contribution in [2.75, 3.05) is 31.6 Å². The largest absolute Gasteiger partial charge is 0.460 e. The molecule has 4 N–H and O–H groups in total. The number of hydrogen-bond acceptors (Lipinski definition) is 7.